The Balaban J connectivity index is 0.00000110. The first kappa shape index (κ1) is 14.7. The Morgan fingerprint density at radius 2 is 1.65 bits per heavy atom. The van der Waals surface area contributed by atoms with Gasteiger partial charge in [-0.05, 0) is 38.1 Å². The van der Waals surface area contributed by atoms with Crippen LogP contribution in [0.3, 0.4) is 0 Å². The molecule has 0 aliphatic heterocycles. The molecule has 0 radical (unpaired) electrons. The normalized spacial score (nSPS) is 10.3. The van der Waals surface area contributed by atoms with E-state index in [0.29, 0.717) is 5.52 Å². The predicted molar refractivity (Wildman–Crippen MR) is 79.4 cm³/mol. The van der Waals surface area contributed by atoms with Crippen LogP contribution < -0.4 is 18.9 Å². The van der Waals surface area contributed by atoms with E-state index < -0.39 is 0 Å². The summed E-state index contributed by atoms with van der Waals surface area (Å²) < 4.78 is 0. The summed E-state index contributed by atoms with van der Waals surface area (Å²) in [4.78, 5) is 4.58. The molecule has 2 nitrogen and oxygen atoms in total. The number of pyridine rings is 1. The molecule has 0 bridgehead atoms. The second-order valence-corrected chi connectivity index (χ2v) is 4.92. The quantitative estimate of drug-likeness (QED) is 0.667. The number of hydrogen-bond donors (Lipinski definition) is 1. The molecular weight excluding hydrogens is 241 g/mol. The minimum atomic E-state index is 0. The van der Waals surface area contributed by atoms with Gasteiger partial charge in [0.05, 0.1) is 5.69 Å². The van der Waals surface area contributed by atoms with Crippen LogP contribution in [0, 0.1) is 13.8 Å². The number of aromatic hydroxyl groups is 1. The van der Waals surface area contributed by atoms with Gasteiger partial charge in [0.15, 0.2) is 0 Å². The van der Waals surface area contributed by atoms with Crippen molar-refractivity contribution in [1.29, 1.82) is 0 Å². The number of hydrogen-bond acceptors (Lipinski definition) is 2. The Bertz CT molecular complexity index is 754. The van der Waals surface area contributed by atoms with Gasteiger partial charge in [-0.1, -0.05) is 35.4 Å². The van der Waals surface area contributed by atoms with Gasteiger partial charge >= 0.3 is 18.9 Å². The van der Waals surface area contributed by atoms with Gasteiger partial charge in [0, 0.05) is 10.9 Å². The molecule has 20 heavy (non-hydrogen) atoms. The van der Waals surface area contributed by atoms with E-state index in [1.807, 2.05) is 24.3 Å². The van der Waals surface area contributed by atoms with Gasteiger partial charge in [-0.25, -0.2) is 4.98 Å². The van der Waals surface area contributed by atoms with E-state index in [1.54, 1.807) is 6.07 Å². The summed E-state index contributed by atoms with van der Waals surface area (Å²) in [5.41, 5.74) is 5.06. The first-order valence-electron chi connectivity index (χ1n) is 6.31. The van der Waals surface area contributed by atoms with Crippen LogP contribution in [-0.2, 0) is 0 Å². The van der Waals surface area contributed by atoms with Crippen LogP contribution in [0.2, 0.25) is 0 Å². The minimum absolute atomic E-state index is 0. The fourth-order valence-electron chi connectivity index (χ4n) is 2.41. The van der Waals surface area contributed by atoms with E-state index in [0.717, 1.165) is 16.6 Å². The Labute approximate surface area is 132 Å². The Morgan fingerprint density at radius 1 is 0.950 bits per heavy atom. The third-order valence-electron chi connectivity index (χ3n) is 3.22. The number of para-hydroxylation sites is 1. The van der Waals surface area contributed by atoms with Crippen LogP contribution in [0.1, 0.15) is 12.6 Å². The Hall–Kier alpha value is -1.75. The van der Waals surface area contributed by atoms with Gasteiger partial charge in [0.25, 0.3) is 0 Å². The van der Waals surface area contributed by atoms with E-state index >= 15 is 0 Å². The van der Waals surface area contributed by atoms with Crippen LogP contribution in [0.5, 0.6) is 5.75 Å². The second kappa shape index (κ2) is 5.71. The molecule has 3 rings (SSSR count). The molecule has 0 saturated carbocycles. The number of aromatic nitrogens is 1. The number of phenolic OH excluding ortho intramolecular Hbond substituents is 1. The second-order valence-electron chi connectivity index (χ2n) is 4.92. The standard InChI is InChI=1S/C17H15NO.Li.H/c1-11-8-12(2)10-14(9-11)15-7-6-13-4-3-5-16(19)17(13)18-15;;/h3-10,19H,1-2H3;;/q;+1;-1. The number of aryl methyl sites for hydroxylation is 2. The summed E-state index contributed by atoms with van der Waals surface area (Å²) >= 11 is 0. The molecule has 0 aliphatic carbocycles. The summed E-state index contributed by atoms with van der Waals surface area (Å²) in [6, 6.07) is 15.8. The average molecular weight is 257 g/mol. The number of rotatable bonds is 1. The van der Waals surface area contributed by atoms with E-state index in [2.05, 4.69) is 37.0 Å². The number of fused-ring (bicyclic) bond motifs is 1. The van der Waals surface area contributed by atoms with Gasteiger partial charge in [-0.2, -0.15) is 0 Å². The molecule has 1 aromatic heterocycles. The van der Waals surface area contributed by atoms with E-state index in [-0.39, 0.29) is 26.0 Å². The van der Waals surface area contributed by atoms with Crippen molar-refractivity contribution in [2.24, 2.45) is 0 Å². The predicted octanol–water partition coefficient (Wildman–Crippen LogP) is 1.34. The summed E-state index contributed by atoms with van der Waals surface area (Å²) in [6.45, 7) is 4.16. The number of benzene rings is 2. The largest absolute Gasteiger partial charge is 1.00 e. The monoisotopic (exact) mass is 257 g/mol. The molecule has 3 aromatic rings. The molecular formula is C17H16LiNO. The summed E-state index contributed by atoms with van der Waals surface area (Å²) in [5, 5.41) is 10.8. The van der Waals surface area contributed by atoms with Crippen molar-refractivity contribution in [3.63, 3.8) is 0 Å². The van der Waals surface area contributed by atoms with Crippen LogP contribution in [-0.4, -0.2) is 10.1 Å². The molecule has 96 valence electrons. The smallest absolute Gasteiger partial charge is 1.00 e. The fourth-order valence-corrected chi connectivity index (χ4v) is 2.41. The van der Waals surface area contributed by atoms with Crippen molar-refractivity contribution < 1.29 is 25.4 Å². The molecule has 0 amide bonds. The zero-order valence-corrected chi connectivity index (χ0v) is 12.0. The molecule has 1 heterocycles. The van der Waals surface area contributed by atoms with Gasteiger partial charge in [0.2, 0.25) is 0 Å². The fraction of sp³-hybridized carbons (Fsp3) is 0.118. The van der Waals surface area contributed by atoms with E-state index in [1.165, 1.54) is 11.1 Å². The van der Waals surface area contributed by atoms with Crippen molar-refractivity contribution in [3.8, 4) is 17.0 Å². The van der Waals surface area contributed by atoms with Crippen molar-refractivity contribution in [2.75, 3.05) is 0 Å². The maximum atomic E-state index is 9.89. The third kappa shape index (κ3) is 2.72. The first-order chi connectivity index (χ1) is 9.13. The first-order valence-corrected chi connectivity index (χ1v) is 6.31. The number of phenols is 1. The minimum Gasteiger partial charge on any atom is -1.00 e. The molecule has 1 N–H and O–H groups in total. The van der Waals surface area contributed by atoms with Gasteiger partial charge in [-0.3, -0.25) is 0 Å². The zero-order chi connectivity index (χ0) is 13.4. The topological polar surface area (TPSA) is 33.1 Å². The van der Waals surface area contributed by atoms with Crippen LogP contribution >= 0.6 is 0 Å². The molecule has 0 spiro atoms. The molecule has 3 heteroatoms. The zero-order valence-electron chi connectivity index (χ0n) is 13.0. The van der Waals surface area contributed by atoms with Crippen molar-refractivity contribution in [3.05, 3.63) is 59.7 Å². The molecule has 0 unspecified atom stereocenters. The van der Waals surface area contributed by atoms with Gasteiger partial charge in [0.1, 0.15) is 11.3 Å². The maximum Gasteiger partial charge on any atom is 1.00 e. The van der Waals surface area contributed by atoms with E-state index in [4.69, 9.17) is 0 Å². The van der Waals surface area contributed by atoms with Crippen molar-refractivity contribution in [1.82, 2.24) is 4.98 Å². The van der Waals surface area contributed by atoms with Crippen LogP contribution in [0.15, 0.2) is 48.5 Å². The summed E-state index contributed by atoms with van der Waals surface area (Å²) in [7, 11) is 0. The Kier molecular flexibility index (Phi) is 4.18. The molecule has 2 aromatic carbocycles. The van der Waals surface area contributed by atoms with Crippen LogP contribution in [0.25, 0.3) is 22.2 Å². The number of nitrogens with zero attached hydrogens (tertiary/aromatic N) is 1. The van der Waals surface area contributed by atoms with E-state index in [9.17, 15) is 5.11 Å². The van der Waals surface area contributed by atoms with Crippen molar-refractivity contribution in [2.45, 2.75) is 13.8 Å². The molecule has 0 atom stereocenters. The van der Waals surface area contributed by atoms with Crippen LogP contribution in [0.4, 0.5) is 0 Å². The molecule has 0 aliphatic rings. The Morgan fingerprint density at radius 3 is 2.35 bits per heavy atom. The summed E-state index contributed by atoms with van der Waals surface area (Å²) in [5.74, 6) is 0.226. The SMILES string of the molecule is Cc1cc(C)cc(-c2ccc3cccc(O)c3n2)c1.[H-].[Li+]. The van der Waals surface area contributed by atoms with Gasteiger partial charge < -0.3 is 6.53 Å². The maximum absolute atomic E-state index is 9.89. The van der Waals surface area contributed by atoms with Crippen molar-refractivity contribution >= 4 is 10.9 Å². The average Bonchev–Trinajstić information content (AvgIpc) is 2.38. The molecule has 0 fully saturated rings. The van der Waals surface area contributed by atoms with Gasteiger partial charge in [-0.15, -0.1) is 0 Å². The summed E-state index contributed by atoms with van der Waals surface area (Å²) in [6.07, 6.45) is 0. The third-order valence-corrected chi connectivity index (χ3v) is 3.22. The molecule has 0 saturated heterocycles.